The van der Waals surface area contributed by atoms with Crippen LogP contribution in [0.5, 0.6) is 0 Å². The summed E-state index contributed by atoms with van der Waals surface area (Å²) in [5.74, 6) is -1.58. The van der Waals surface area contributed by atoms with E-state index in [-0.39, 0.29) is 12.1 Å². The van der Waals surface area contributed by atoms with E-state index in [0.29, 0.717) is 5.02 Å². The number of halogens is 4. The Labute approximate surface area is 167 Å². The molecule has 3 aromatic rings. The number of benzene rings is 2. The molecule has 0 aliphatic carbocycles. The first-order chi connectivity index (χ1) is 13.3. The third kappa shape index (κ3) is 3.42. The second-order valence-electron chi connectivity index (χ2n) is 7.80. The highest BCUT2D eigenvalue weighted by Gasteiger charge is 2.32. The van der Waals surface area contributed by atoms with Crippen molar-refractivity contribution in [2.75, 3.05) is 20.1 Å². The SMILES string of the molecule is CN1CCc2c(n(CC(C)(F)c3ccc(F)cc3F)c3ccc(Cl)cc23)CC1. The van der Waals surface area contributed by atoms with E-state index >= 15 is 4.39 Å². The number of hydrogen-bond donors (Lipinski definition) is 0. The van der Waals surface area contributed by atoms with E-state index in [1.165, 1.54) is 18.6 Å². The van der Waals surface area contributed by atoms with Gasteiger partial charge in [-0.15, -0.1) is 0 Å². The van der Waals surface area contributed by atoms with Gasteiger partial charge in [-0.25, -0.2) is 13.2 Å². The zero-order valence-corrected chi connectivity index (χ0v) is 16.7. The Morgan fingerprint density at radius 2 is 1.82 bits per heavy atom. The van der Waals surface area contributed by atoms with E-state index < -0.39 is 17.3 Å². The quantitative estimate of drug-likeness (QED) is 0.558. The van der Waals surface area contributed by atoms with E-state index in [2.05, 4.69) is 11.9 Å². The van der Waals surface area contributed by atoms with Crippen LogP contribution in [0.3, 0.4) is 0 Å². The van der Waals surface area contributed by atoms with Crippen LogP contribution in [0.2, 0.25) is 5.02 Å². The first kappa shape index (κ1) is 19.3. The summed E-state index contributed by atoms with van der Waals surface area (Å²) in [4.78, 5) is 2.25. The molecule has 1 atom stereocenters. The second kappa shape index (κ2) is 7.12. The largest absolute Gasteiger partial charge is 0.341 e. The van der Waals surface area contributed by atoms with Gasteiger partial charge in [0.25, 0.3) is 0 Å². The van der Waals surface area contributed by atoms with Crippen LogP contribution in [-0.2, 0) is 25.1 Å². The van der Waals surface area contributed by atoms with E-state index in [1.54, 1.807) is 6.07 Å². The minimum atomic E-state index is -1.99. The molecule has 1 aliphatic heterocycles. The van der Waals surface area contributed by atoms with Crippen LogP contribution in [0.1, 0.15) is 23.7 Å². The van der Waals surface area contributed by atoms with Gasteiger partial charge in [0, 0.05) is 52.8 Å². The van der Waals surface area contributed by atoms with Crippen LogP contribution in [0, 0.1) is 11.6 Å². The molecule has 2 aromatic carbocycles. The van der Waals surface area contributed by atoms with Crippen LogP contribution in [0.15, 0.2) is 36.4 Å². The van der Waals surface area contributed by atoms with Gasteiger partial charge >= 0.3 is 0 Å². The lowest BCUT2D eigenvalue weighted by Gasteiger charge is -2.24. The van der Waals surface area contributed by atoms with Gasteiger partial charge in [0.05, 0.1) is 6.54 Å². The highest BCUT2D eigenvalue weighted by atomic mass is 35.5. The number of rotatable bonds is 3. The number of fused-ring (bicyclic) bond motifs is 3. The molecule has 4 rings (SSSR count). The lowest BCUT2D eigenvalue weighted by atomic mass is 9.96. The third-order valence-corrected chi connectivity index (χ3v) is 5.91. The molecule has 6 heteroatoms. The summed E-state index contributed by atoms with van der Waals surface area (Å²) in [6.45, 7) is 3.08. The van der Waals surface area contributed by atoms with Gasteiger partial charge < -0.3 is 9.47 Å². The number of aromatic nitrogens is 1. The van der Waals surface area contributed by atoms with Crippen molar-refractivity contribution in [2.45, 2.75) is 32.0 Å². The van der Waals surface area contributed by atoms with E-state index in [0.717, 1.165) is 54.7 Å². The molecule has 148 valence electrons. The summed E-state index contributed by atoms with van der Waals surface area (Å²) >= 11 is 6.23. The fourth-order valence-electron chi connectivity index (χ4n) is 4.20. The summed E-state index contributed by atoms with van der Waals surface area (Å²) in [7, 11) is 2.07. The molecule has 2 heterocycles. The third-order valence-electron chi connectivity index (χ3n) is 5.67. The lowest BCUT2D eigenvalue weighted by Crippen LogP contribution is -2.26. The van der Waals surface area contributed by atoms with Crippen molar-refractivity contribution in [3.05, 3.63) is 69.9 Å². The summed E-state index contributed by atoms with van der Waals surface area (Å²) in [6.07, 6.45) is 1.63. The zero-order chi connectivity index (χ0) is 20.1. The average molecular weight is 407 g/mol. The Morgan fingerprint density at radius 3 is 2.57 bits per heavy atom. The molecule has 0 spiro atoms. The molecule has 0 radical (unpaired) electrons. The second-order valence-corrected chi connectivity index (χ2v) is 8.23. The minimum absolute atomic E-state index is 0.0489. The van der Waals surface area contributed by atoms with Crippen LogP contribution < -0.4 is 0 Å². The van der Waals surface area contributed by atoms with Gasteiger partial charge in [-0.2, -0.15) is 0 Å². The van der Waals surface area contributed by atoms with Gasteiger partial charge in [-0.05, 0) is 56.3 Å². The molecule has 1 unspecified atom stereocenters. The number of hydrogen-bond acceptors (Lipinski definition) is 1. The molecule has 0 bridgehead atoms. The molecule has 0 saturated heterocycles. The van der Waals surface area contributed by atoms with Crippen LogP contribution in [0.4, 0.5) is 13.2 Å². The fraction of sp³-hybridized carbons (Fsp3) is 0.364. The Morgan fingerprint density at radius 1 is 1.07 bits per heavy atom. The van der Waals surface area contributed by atoms with Crippen molar-refractivity contribution in [2.24, 2.45) is 0 Å². The van der Waals surface area contributed by atoms with Gasteiger partial charge in [-0.1, -0.05) is 11.6 Å². The summed E-state index contributed by atoms with van der Waals surface area (Å²) in [5.41, 5.74) is 1.01. The lowest BCUT2D eigenvalue weighted by molar-refractivity contribution is 0.156. The molecule has 28 heavy (non-hydrogen) atoms. The maximum atomic E-state index is 15.7. The van der Waals surface area contributed by atoms with Crippen molar-refractivity contribution >= 4 is 22.5 Å². The Hall–Kier alpha value is -1.98. The van der Waals surface area contributed by atoms with E-state index in [4.69, 9.17) is 11.6 Å². The molecule has 1 aromatic heterocycles. The van der Waals surface area contributed by atoms with Crippen molar-refractivity contribution in [3.8, 4) is 0 Å². The number of nitrogens with zero attached hydrogens (tertiary/aromatic N) is 2. The van der Waals surface area contributed by atoms with Gasteiger partial charge in [0.1, 0.15) is 11.6 Å². The Balaban J connectivity index is 1.84. The Bertz CT molecular complexity index is 1040. The molecule has 0 fully saturated rings. The van der Waals surface area contributed by atoms with Crippen molar-refractivity contribution in [1.82, 2.24) is 9.47 Å². The summed E-state index contributed by atoms with van der Waals surface area (Å²) in [5, 5.41) is 1.66. The topological polar surface area (TPSA) is 8.17 Å². The predicted octanol–water partition coefficient (Wildman–Crippen LogP) is 5.49. The molecule has 0 saturated carbocycles. The van der Waals surface area contributed by atoms with Crippen molar-refractivity contribution in [3.63, 3.8) is 0 Å². The smallest absolute Gasteiger partial charge is 0.153 e. The minimum Gasteiger partial charge on any atom is -0.341 e. The monoisotopic (exact) mass is 406 g/mol. The first-order valence-electron chi connectivity index (χ1n) is 9.39. The summed E-state index contributed by atoms with van der Waals surface area (Å²) < 4.78 is 45.2. The molecule has 1 aliphatic rings. The molecule has 2 nitrogen and oxygen atoms in total. The van der Waals surface area contributed by atoms with Crippen LogP contribution in [0.25, 0.3) is 10.9 Å². The van der Waals surface area contributed by atoms with E-state index in [9.17, 15) is 8.78 Å². The van der Waals surface area contributed by atoms with Crippen molar-refractivity contribution in [1.29, 1.82) is 0 Å². The highest BCUT2D eigenvalue weighted by Crippen LogP contribution is 2.36. The fourth-order valence-corrected chi connectivity index (χ4v) is 4.37. The maximum absolute atomic E-state index is 15.7. The molecule has 0 amide bonds. The normalized spacial score (nSPS) is 17.4. The number of likely N-dealkylation sites (N-methyl/N-ethyl adjacent to an activating group) is 1. The maximum Gasteiger partial charge on any atom is 0.153 e. The standard InChI is InChI=1S/C22H22ClF3N2/c1-22(26,18-5-4-15(24)12-19(18)25)13-28-20-6-3-14(23)11-17(20)16-7-9-27(2)10-8-21(16)28/h3-6,11-12H,7-10,13H2,1-2H3. The predicted molar refractivity (Wildman–Crippen MR) is 107 cm³/mol. The number of alkyl halides is 1. The first-order valence-corrected chi connectivity index (χ1v) is 9.76. The Kier molecular flexibility index (Phi) is 4.92. The molecular weight excluding hydrogens is 385 g/mol. The highest BCUT2D eigenvalue weighted by molar-refractivity contribution is 6.31. The molecular formula is C22H22ClF3N2. The van der Waals surface area contributed by atoms with Crippen LogP contribution in [-0.4, -0.2) is 29.6 Å². The van der Waals surface area contributed by atoms with E-state index in [1.807, 2.05) is 16.7 Å². The zero-order valence-electron chi connectivity index (χ0n) is 15.9. The summed E-state index contributed by atoms with van der Waals surface area (Å²) in [6, 6.07) is 8.63. The van der Waals surface area contributed by atoms with Gasteiger partial charge in [0.2, 0.25) is 0 Å². The molecule has 0 N–H and O–H groups in total. The van der Waals surface area contributed by atoms with Gasteiger partial charge in [0.15, 0.2) is 5.67 Å². The average Bonchev–Trinajstić information content (AvgIpc) is 2.75. The van der Waals surface area contributed by atoms with Crippen LogP contribution >= 0.6 is 11.6 Å². The van der Waals surface area contributed by atoms with Gasteiger partial charge in [-0.3, -0.25) is 0 Å². The van der Waals surface area contributed by atoms with Crippen molar-refractivity contribution < 1.29 is 13.2 Å².